The second kappa shape index (κ2) is 5.72. The Morgan fingerprint density at radius 1 is 1.27 bits per heavy atom. The van der Waals surface area contributed by atoms with Gasteiger partial charge in [0.2, 0.25) is 10.0 Å². The highest BCUT2D eigenvalue weighted by atomic mass is 32.2. The molecule has 0 heterocycles. The summed E-state index contributed by atoms with van der Waals surface area (Å²) in [6.07, 6.45) is 0. The maximum Gasteiger partial charge on any atom is 0.238 e. The van der Waals surface area contributed by atoms with Crippen LogP contribution in [-0.2, 0) is 10.0 Å². The van der Waals surface area contributed by atoms with Crippen LogP contribution in [0.25, 0.3) is 0 Å². The molecule has 0 amide bonds. The van der Waals surface area contributed by atoms with Gasteiger partial charge in [0.15, 0.2) is 0 Å². The smallest absolute Gasteiger partial charge is 0.238 e. The molecule has 0 fully saturated rings. The van der Waals surface area contributed by atoms with Gasteiger partial charge in [-0.3, -0.25) is 0 Å². The molecule has 4 nitrogen and oxygen atoms in total. The number of ether oxygens (including phenoxy) is 1. The van der Waals surface area contributed by atoms with Crippen LogP contribution >= 0.6 is 0 Å². The number of rotatable bonds is 2. The van der Waals surface area contributed by atoms with Gasteiger partial charge in [-0.2, -0.15) is 0 Å². The number of aryl methyl sites for hydroxylation is 1. The number of benzene rings is 1. The number of methoxy groups -OCH3 is 1. The molecule has 15 heavy (non-hydrogen) atoms. The first-order chi connectivity index (χ1) is 6.95. The third kappa shape index (κ3) is 3.89. The van der Waals surface area contributed by atoms with Gasteiger partial charge in [0.1, 0.15) is 5.75 Å². The van der Waals surface area contributed by atoms with E-state index in [9.17, 15) is 8.42 Å². The first-order valence-corrected chi connectivity index (χ1v) is 6.17. The molecule has 0 aromatic heterocycles. The molecule has 0 aliphatic rings. The van der Waals surface area contributed by atoms with Crippen LogP contribution < -0.4 is 9.88 Å². The van der Waals surface area contributed by atoms with E-state index < -0.39 is 10.0 Å². The fourth-order valence-corrected chi connectivity index (χ4v) is 1.81. The van der Waals surface area contributed by atoms with E-state index in [1.165, 1.54) is 13.2 Å². The van der Waals surface area contributed by atoms with E-state index in [1.54, 1.807) is 19.1 Å². The monoisotopic (exact) mass is 231 g/mol. The zero-order valence-electron chi connectivity index (χ0n) is 9.44. The normalized spacial score (nSPS) is 10.2. The molecule has 0 radical (unpaired) electrons. The molecule has 0 bridgehead atoms. The van der Waals surface area contributed by atoms with E-state index in [-0.39, 0.29) is 4.90 Å². The van der Waals surface area contributed by atoms with Crippen LogP contribution in [0.2, 0.25) is 0 Å². The SMILES string of the molecule is CC.COc1ccc(C)c(S(N)(=O)=O)c1. The number of hydrogen-bond donors (Lipinski definition) is 1. The Morgan fingerprint density at radius 2 is 1.80 bits per heavy atom. The zero-order valence-corrected chi connectivity index (χ0v) is 10.3. The highest BCUT2D eigenvalue weighted by Gasteiger charge is 2.11. The third-order valence-corrected chi connectivity index (χ3v) is 2.75. The van der Waals surface area contributed by atoms with E-state index in [0.717, 1.165) is 0 Å². The molecule has 0 unspecified atom stereocenters. The molecule has 86 valence electrons. The molecule has 0 saturated heterocycles. The molecule has 2 N–H and O–H groups in total. The molecular formula is C10H17NO3S. The minimum atomic E-state index is -3.65. The lowest BCUT2D eigenvalue weighted by Gasteiger charge is -2.05. The van der Waals surface area contributed by atoms with Crippen LogP contribution in [0.4, 0.5) is 0 Å². The summed E-state index contributed by atoms with van der Waals surface area (Å²) in [6.45, 7) is 5.68. The molecule has 0 spiro atoms. The van der Waals surface area contributed by atoms with Gasteiger partial charge in [-0.05, 0) is 18.6 Å². The van der Waals surface area contributed by atoms with Crippen molar-refractivity contribution in [1.82, 2.24) is 0 Å². The maximum atomic E-state index is 11.0. The summed E-state index contributed by atoms with van der Waals surface area (Å²) in [5.41, 5.74) is 0.614. The van der Waals surface area contributed by atoms with Crippen molar-refractivity contribution in [2.75, 3.05) is 7.11 Å². The van der Waals surface area contributed by atoms with Gasteiger partial charge in [-0.15, -0.1) is 0 Å². The van der Waals surface area contributed by atoms with Crippen LogP contribution in [0.3, 0.4) is 0 Å². The Bertz CT molecular complexity index is 413. The highest BCUT2D eigenvalue weighted by molar-refractivity contribution is 7.89. The van der Waals surface area contributed by atoms with Crippen molar-refractivity contribution in [1.29, 1.82) is 0 Å². The Morgan fingerprint density at radius 3 is 2.20 bits per heavy atom. The predicted molar refractivity (Wildman–Crippen MR) is 60.5 cm³/mol. The van der Waals surface area contributed by atoms with E-state index in [0.29, 0.717) is 11.3 Å². The lowest BCUT2D eigenvalue weighted by molar-refractivity contribution is 0.413. The van der Waals surface area contributed by atoms with Gasteiger partial charge in [-0.1, -0.05) is 19.9 Å². The van der Waals surface area contributed by atoms with E-state index in [4.69, 9.17) is 9.88 Å². The zero-order chi connectivity index (χ0) is 12.1. The third-order valence-electron chi connectivity index (χ3n) is 1.70. The van der Waals surface area contributed by atoms with E-state index in [2.05, 4.69) is 0 Å². The van der Waals surface area contributed by atoms with Crippen LogP contribution in [0.5, 0.6) is 5.75 Å². The number of primary sulfonamides is 1. The fraction of sp³-hybridized carbons (Fsp3) is 0.400. The molecule has 5 heteroatoms. The molecule has 0 aliphatic carbocycles. The molecule has 1 aromatic carbocycles. The van der Waals surface area contributed by atoms with Crippen molar-refractivity contribution in [3.8, 4) is 5.75 Å². The second-order valence-corrected chi connectivity index (χ2v) is 4.21. The topological polar surface area (TPSA) is 69.4 Å². The van der Waals surface area contributed by atoms with E-state index >= 15 is 0 Å². The van der Waals surface area contributed by atoms with Crippen molar-refractivity contribution in [3.05, 3.63) is 23.8 Å². The lowest BCUT2D eigenvalue weighted by Crippen LogP contribution is -2.13. The van der Waals surface area contributed by atoms with Gasteiger partial charge >= 0.3 is 0 Å². The Hall–Kier alpha value is -1.07. The Kier molecular flexibility index (Phi) is 5.32. The van der Waals surface area contributed by atoms with Crippen LogP contribution in [0.1, 0.15) is 19.4 Å². The first-order valence-electron chi connectivity index (χ1n) is 4.62. The average Bonchev–Trinajstić information content (AvgIpc) is 2.20. The summed E-state index contributed by atoms with van der Waals surface area (Å²) in [5.74, 6) is 0.481. The van der Waals surface area contributed by atoms with Gasteiger partial charge in [0.05, 0.1) is 12.0 Å². The average molecular weight is 231 g/mol. The van der Waals surface area contributed by atoms with Crippen LogP contribution in [0.15, 0.2) is 23.1 Å². The maximum absolute atomic E-state index is 11.0. The molecule has 1 rings (SSSR count). The summed E-state index contributed by atoms with van der Waals surface area (Å²) in [6, 6.07) is 4.74. The van der Waals surface area contributed by atoms with Crippen molar-refractivity contribution in [2.24, 2.45) is 5.14 Å². The minimum absolute atomic E-state index is 0.104. The predicted octanol–water partition coefficient (Wildman–Crippen LogP) is 1.68. The summed E-state index contributed by atoms with van der Waals surface area (Å²) in [5, 5.41) is 5.00. The number of nitrogens with two attached hydrogens (primary N) is 1. The molecule has 0 aliphatic heterocycles. The molecule has 0 saturated carbocycles. The first kappa shape index (κ1) is 13.9. The number of sulfonamides is 1. The summed E-state index contributed by atoms with van der Waals surface area (Å²) in [4.78, 5) is 0.104. The highest BCUT2D eigenvalue weighted by Crippen LogP contribution is 2.19. The summed E-state index contributed by atoms with van der Waals surface area (Å²) in [7, 11) is -2.18. The van der Waals surface area contributed by atoms with Crippen molar-refractivity contribution < 1.29 is 13.2 Å². The largest absolute Gasteiger partial charge is 0.497 e. The molecular weight excluding hydrogens is 214 g/mol. The number of hydrogen-bond acceptors (Lipinski definition) is 3. The van der Waals surface area contributed by atoms with Gasteiger partial charge in [-0.25, -0.2) is 13.6 Å². The van der Waals surface area contributed by atoms with Crippen LogP contribution in [0, 0.1) is 6.92 Å². The summed E-state index contributed by atoms with van der Waals surface area (Å²) >= 11 is 0. The van der Waals surface area contributed by atoms with Crippen molar-refractivity contribution in [2.45, 2.75) is 25.7 Å². The Labute approximate surface area is 91.1 Å². The van der Waals surface area contributed by atoms with Gasteiger partial charge < -0.3 is 4.74 Å². The fourth-order valence-electron chi connectivity index (χ4n) is 1.01. The Balaban J connectivity index is 0.000000921. The standard InChI is InChI=1S/C8H11NO3S.C2H6/c1-6-3-4-7(12-2)5-8(6)13(9,10)11;1-2/h3-5H,1-2H3,(H2,9,10,11);1-2H3. The van der Waals surface area contributed by atoms with Gasteiger partial charge in [0, 0.05) is 6.07 Å². The van der Waals surface area contributed by atoms with E-state index in [1.807, 2.05) is 13.8 Å². The minimum Gasteiger partial charge on any atom is -0.497 e. The van der Waals surface area contributed by atoms with Crippen LogP contribution in [-0.4, -0.2) is 15.5 Å². The quantitative estimate of drug-likeness (QED) is 0.841. The van der Waals surface area contributed by atoms with Crippen molar-refractivity contribution >= 4 is 10.0 Å². The molecule has 1 aromatic rings. The van der Waals surface area contributed by atoms with Gasteiger partial charge in [0.25, 0.3) is 0 Å². The summed E-state index contributed by atoms with van der Waals surface area (Å²) < 4.78 is 27.0. The molecule has 0 atom stereocenters. The van der Waals surface area contributed by atoms with Crippen molar-refractivity contribution in [3.63, 3.8) is 0 Å². The lowest BCUT2D eigenvalue weighted by atomic mass is 10.2. The second-order valence-electron chi connectivity index (χ2n) is 2.68.